The zero-order valence-corrected chi connectivity index (χ0v) is 12.3. The minimum atomic E-state index is 0.764. The molecule has 0 radical (unpaired) electrons. The fraction of sp³-hybridized carbons (Fsp3) is 0.333. The van der Waals surface area contributed by atoms with Gasteiger partial charge in [-0.05, 0) is 36.8 Å². The number of nitrogens with one attached hydrogen (secondary N) is 1. The second-order valence-corrected chi connectivity index (χ2v) is 5.68. The van der Waals surface area contributed by atoms with Crippen LogP contribution in [0, 0.1) is 6.92 Å². The summed E-state index contributed by atoms with van der Waals surface area (Å²) in [6.45, 7) is 3.84. The van der Waals surface area contributed by atoms with Gasteiger partial charge in [0.05, 0.1) is 14.2 Å². The van der Waals surface area contributed by atoms with Crippen molar-refractivity contribution in [2.24, 2.45) is 0 Å². The minimum Gasteiger partial charge on any atom is -0.493 e. The summed E-state index contributed by atoms with van der Waals surface area (Å²) < 4.78 is 10.5. The minimum absolute atomic E-state index is 0.764. The van der Waals surface area contributed by atoms with E-state index in [9.17, 15) is 0 Å². The molecule has 1 aromatic heterocycles. The molecule has 0 saturated carbocycles. The van der Waals surface area contributed by atoms with Crippen LogP contribution in [0.4, 0.5) is 0 Å². The summed E-state index contributed by atoms with van der Waals surface area (Å²) >= 11 is 1.83. The molecule has 0 saturated heterocycles. The van der Waals surface area contributed by atoms with E-state index in [0.29, 0.717) is 0 Å². The molecule has 0 atom stereocenters. The molecule has 1 heterocycles. The van der Waals surface area contributed by atoms with Gasteiger partial charge in [0.2, 0.25) is 0 Å². The number of hydrogen-bond donors (Lipinski definition) is 1. The van der Waals surface area contributed by atoms with Crippen LogP contribution in [0.25, 0.3) is 0 Å². The first-order valence-electron chi connectivity index (χ1n) is 6.20. The molecule has 2 aromatic rings. The van der Waals surface area contributed by atoms with Gasteiger partial charge in [-0.15, -0.1) is 11.3 Å². The second kappa shape index (κ2) is 6.59. The van der Waals surface area contributed by atoms with Crippen LogP contribution in [0.2, 0.25) is 0 Å². The molecule has 3 nitrogen and oxygen atoms in total. The molecular formula is C15H19NO2S. The third-order valence-corrected chi connectivity index (χ3v) is 3.87. The van der Waals surface area contributed by atoms with E-state index >= 15 is 0 Å². The quantitative estimate of drug-likeness (QED) is 0.878. The topological polar surface area (TPSA) is 30.5 Å². The fourth-order valence-electron chi connectivity index (χ4n) is 1.90. The molecule has 0 aliphatic rings. The predicted octanol–water partition coefficient (Wildman–Crippen LogP) is 3.36. The van der Waals surface area contributed by atoms with E-state index in [1.807, 2.05) is 29.5 Å². The molecule has 19 heavy (non-hydrogen) atoms. The first-order valence-corrected chi connectivity index (χ1v) is 7.01. The van der Waals surface area contributed by atoms with Crippen LogP contribution in [0.5, 0.6) is 11.5 Å². The molecule has 4 heteroatoms. The zero-order chi connectivity index (χ0) is 13.7. The Morgan fingerprint density at radius 2 is 1.79 bits per heavy atom. The number of ether oxygens (including phenoxy) is 2. The van der Waals surface area contributed by atoms with Gasteiger partial charge in [-0.1, -0.05) is 6.07 Å². The van der Waals surface area contributed by atoms with Gasteiger partial charge in [-0.2, -0.15) is 0 Å². The van der Waals surface area contributed by atoms with Crippen molar-refractivity contribution >= 4 is 11.3 Å². The van der Waals surface area contributed by atoms with Crippen LogP contribution in [-0.4, -0.2) is 14.2 Å². The lowest BCUT2D eigenvalue weighted by Crippen LogP contribution is -2.11. The summed E-state index contributed by atoms with van der Waals surface area (Å²) in [5.41, 5.74) is 1.19. The largest absolute Gasteiger partial charge is 0.493 e. The number of thiophene rings is 1. The van der Waals surface area contributed by atoms with Crippen LogP contribution in [0.15, 0.2) is 30.3 Å². The molecule has 0 bridgehead atoms. The van der Waals surface area contributed by atoms with Crippen molar-refractivity contribution in [1.29, 1.82) is 0 Å². The van der Waals surface area contributed by atoms with Crippen molar-refractivity contribution < 1.29 is 9.47 Å². The Hall–Kier alpha value is -1.52. The van der Waals surface area contributed by atoms with Crippen molar-refractivity contribution in [3.05, 3.63) is 45.6 Å². The Morgan fingerprint density at radius 1 is 1.00 bits per heavy atom. The smallest absolute Gasteiger partial charge is 0.161 e. The highest BCUT2D eigenvalue weighted by atomic mass is 32.1. The molecule has 0 aliphatic carbocycles. The molecule has 102 valence electrons. The van der Waals surface area contributed by atoms with E-state index in [2.05, 4.69) is 24.4 Å². The highest BCUT2D eigenvalue weighted by molar-refractivity contribution is 7.11. The SMILES string of the molecule is COc1ccc(CNCc2ccc(C)s2)cc1OC. The Bertz CT molecular complexity index is 537. The van der Waals surface area contributed by atoms with Crippen molar-refractivity contribution in [2.45, 2.75) is 20.0 Å². The van der Waals surface area contributed by atoms with E-state index in [4.69, 9.17) is 9.47 Å². The van der Waals surface area contributed by atoms with Crippen LogP contribution in [0.3, 0.4) is 0 Å². The molecular weight excluding hydrogens is 258 g/mol. The predicted molar refractivity (Wildman–Crippen MR) is 79.1 cm³/mol. The molecule has 0 fully saturated rings. The van der Waals surface area contributed by atoms with Gasteiger partial charge in [-0.25, -0.2) is 0 Å². The van der Waals surface area contributed by atoms with Gasteiger partial charge in [0.15, 0.2) is 11.5 Å². The average molecular weight is 277 g/mol. The van der Waals surface area contributed by atoms with Crippen LogP contribution < -0.4 is 14.8 Å². The van der Waals surface area contributed by atoms with Crippen LogP contribution in [0.1, 0.15) is 15.3 Å². The van der Waals surface area contributed by atoms with E-state index in [-0.39, 0.29) is 0 Å². The first kappa shape index (κ1) is 13.9. The van der Waals surface area contributed by atoms with E-state index in [0.717, 1.165) is 24.6 Å². The van der Waals surface area contributed by atoms with Gasteiger partial charge in [0.1, 0.15) is 0 Å². The summed E-state index contributed by atoms with van der Waals surface area (Å²) in [5.74, 6) is 1.54. The van der Waals surface area contributed by atoms with Gasteiger partial charge in [-0.3, -0.25) is 0 Å². The maximum atomic E-state index is 5.29. The van der Waals surface area contributed by atoms with Crippen molar-refractivity contribution in [2.75, 3.05) is 14.2 Å². The highest BCUT2D eigenvalue weighted by Gasteiger charge is 2.04. The summed E-state index contributed by atoms with van der Waals surface area (Å²) in [7, 11) is 3.30. The van der Waals surface area contributed by atoms with Gasteiger partial charge in [0, 0.05) is 22.8 Å². The van der Waals surface area contributed by atoms with Crippen LogP contribution >= 0.6 is 11.3 Å². The highest BCUT2D eigenvalue weighted by Crippen LogP contribution is 2.27. The maximum absolute atomic E-state index is 5.29. The summed E-state index contributed by atoms with van der Waals surface area (Å²) in [4.78, 5) is 2.71. The normalized spacial score (nSPS) is 10.5. The van der Waals surface area contributed by atoms with Crippen molar-refractivity contribution in [3.8, 4) is 11.5 Å². The van der Waals surface area contributed by atoms with Crippen LogP contribution in [-0.2, 0) is 13.1 Å². The summed E-state index contributed by atoms with van der Waals surface area (Å²) in [6.07, 6.45) is 0. The van der Waals surface area contributed by atoms with Crippen molar-refractivity contribution in [3.63, 3.8) is 0 Å². The van der Waals surface area contributed by atoms with Gasteiger partial charge >= 0.3 is 0 Å². The monoisotopic (exact) mass is 277 g/mol. The van der Waals surface area contributed by atoms with Gasteiger partial charge in [0.25, 0.3) is 0 Å². The standard InChI is InChI=1S/C15H19NO2S/c1-11-4-6-13(19-11)10-16-9-12-5-7-14(17-2)15(8-12)18-3/h4-8,16H,9-10H2,1-3H3. The third-order valence-electron chi connectivity index (χ3n) is 2.87. The van der Waals surface area contributed by atoms with Gasteiger partial charge < -0.3 is 14.8 Å². The fourth-order valence-corrected chi connectivity index (χ4v) is 2.76. The molecule has 0 spiro atoms. The Balaban J connectivity index is 1.92. The van der Waals surface area contributed by atoms with E-state index in [1.54, 1.807) is 14.2 Å². The molecule has 0 amide bonds. The summed E-state index contributed by atoms with van der Waals surface area (Å²) in [5, 5.41) is 3.43. The maximum Gasteiger partial charge on any atom is 0.161 e. The molecule has 0 aliphatic heterocycles. The molecule has 0 unspecified atom stereocenters. The van der Waals surface area contributed by atoms with E-state index < -0.39 is 0 Å². The third kappa shape index (κ3) is 3.72. The lowest BCUT2D eigenvalue weighted by Gasteiger charge is -2.10. The average Bonchev–Trinajstić information content (AvgIpc) is 2.84. The lowest BCUT2D eigenvalue weighted by atomic mass is 10.2. The molecule has 1 N–H and O–H groups in total. The number of rotatable bonds is 6. The Morgan fingerprint density at radius 3 is 2.42 bits per heavy atom. The van der Waals surface area contributed by atoms with E-state index in [1.165, 1.54) is 15.3 Å². The second-order valence-electron chi connectivity index (χ2n) is 4.31. The number of methoxy groups -OCH3 is 2. The first-order chi connectivity index (χ1) is 9.22. The number of hydrogen-bond acceptors (Lipinski definition) is 4. The number of aryl methyl sites for hydroxylation is 1. The molecule has 1 aromatic carbocycles. The summed E-state index contributed by atoms with van der Waals surface area (Å²) in [6, 6.07) is 10.3. The Kier molecular flexibility index (Phi) is 4.82. The van der Waals surface area contributed by atoms with Crippen molar-refractivity contribution in [1.82, 2.24) is 5.32 Å². The number of benzene rings is 1. The Labute approximate surface area is 118 Å². The molecule has 2 rings (SSSR count). The zero-order valence-electron chi connectivity index (χ0n) is 11.5. The lowest BCUT2D eigenvalue weighted by molar-refractivity contribution is 0.354.